The molecule has 0 unspecified atom stereocenters. The molecule has 0 aromatic carbocycles. The molecule has 1 aliphatic carbocycles. The number of carbonyl (C=O) groups is 1. The van der Waals surface area contributed by atoms with Crippen molar-refractivity contribution < 1.29 is 9.53 Å². The van der Waals surface area contributed by atoms with Gasteiger partial charge in [-0.1, -0.05) is 32.9 Å². The van der Waals surface area contributed by atoms with Gasteiger partial charge in [-0.15, -0.1) is 0 Å². The van der Waals surface area contributed by atoms with E-state index in [1.165, 1.54) is 25.7 Å². The van der Waals surface area contributed by atoms with Crippen molar-refractivity contribution in [3.05, 3.63) is 12.2 Å². The first-order valence-corrected chi connectivity index (χ1v) is 8.93. The molecule has 0 bridgehead atoms. The Balaban J connectivity index is 2.10. The molecule has 1 amide bonds. The van der Waals surface area contributed by atoms with Crippen LogP contribution in [0.3, 0.4) is 0 Å². The van der Waals surface area contributed by atoms with Crippen molar-refractivity contribution in [2.45, 2.75) is 78.9 Å². The van der Waals surface area contributed by atoms with Gasteiger partial charge in [-0.3, -0.25) is 0 Å². The van der Waals surface area contributed by atoms with Crippen LogP contribution >= 0.6 is 0 Å². The van der Waals surface area contributed by atoms with Gasteiger partial charge in [0.05, 0.1) is 0 Å². The Morgan fingerprint density at radius 3 is 2.09 bits per heavy atom. The zero-order valence-corrected chi connectivity index (χ0v) is 15.9. The molecule has 1 fully saturated rings. The van der Waals surface area contributed by atoms with Crippen molar-refractivity contribution in [2.75, 3.05) is 13.1 Å². The minimum absolute atomic E-state index is 0.365. The zero-order valence-electron chi connectivity index (χ0n) is 15.9. The Bertz CT molecular complexity index is 383. The first-order valence-electron chi connectivity index (χ1n) is 8.93. The van der Waals surface area contributed by atoms with Gasteiger partial charge in [0.1, 0.15) is 5.60 Å². The van der Waals surface area contributed by atoms with Crippen LogP contribution in [-0.2, 0) is 4.74 Å². The summed E-state index contributed by atoms with van der Waals surface area (Å²) in [6.45, 7) is 14.0. The molecule has 0 aromatic heterocycles. The number of hydrogen-bond donors (Lipinski definition) is 2. The van der Waals surface area contributed by atoms with Gasteiger partial charge in [-0.2, -0.15) is 0 Å². The van der Waals surface area contributed by atoms with E-state index in [1.54, 1.807) is 0 Å². The number of amides is 1. The van der Waals surface area contributed by atoms with E-state index in [0.29, 0.717) is 18.0 Å². The van der Waals surface area contributed by atoms with Crippen LogP contribution in [-0.4, -0.2) is 30.8 Å². The van der Waals surface area contributed by atoms with Crippen LogP contribution in [0, 0.1) is 11.3 Å². The summed E-state index contributed by atoms with van der Waals surface area (Å²) in [4.78, 5) is 11.5. The molecule has 1 rings (SSSR count). The molecule has 4 nitrogen and oxygen atoms in total. The highest BCUT2D eigenvalue weighted by Crippen LogP contribution is 2.37. The van der Waals surface area contributed by atoms with Crippen molar-refractivity contribution in [3.8, 4) is 0 Å². The maximum atomic E-state index is 11.5. The van der Waals surface area contributed by atoms with E-state index < -0.39 is 5.60 Å². The highest BCUT2D eigenvalue weighted by Gasteiger charge is 2.29. The van der Waals surface area contributed by atoms with Gasteiger partial charge in [0, 0.05) is 19.1 Å². The third-order valence-electron chi connectivity index (χ3n) is 4.41. The topological polar surface area (TPSA) is 50.4 Å². The van der Waals surface area contributed by atoms with Crippen molar-refractivity contribution in [1.29, 1.82) is 0 Å². The number of hydrogen-bond acceptors (Lipinski definition) is 3. The van der Waals surface area contributed by atoms with Gasteiger partial charge in [-0.25, -0.2) is 4.79 Å². The lowest BCUT2D eigenvalue weighted by molar-refractivity contribution is 0.0534. The second-order valence-electron chi connectivity index (χ2n) is 8.68. The summed E-state index contributed by atoms with van der Waals surface area (Å²) in [5, 5.41) is 6.31. The number of rotatable bonds is 5. The Labute approximate surface area is 142 Å². The van der Waals surface area contributed by atoms with Crippen molar-refractivity contribution in [1.82, 2.24) is 10.6 Å². The number of carbonyl (C=O) groups excluding carboxylic acids is 1. The Morgan fingerprint density at radius 2 is 1.57 bits per heavy atom. The molecule has 4 heteroatoms. The van der Waals surface area contributed by atoms with Crippen molar-refractivity contribution >= 4 is 6.09 Å². The smallest absolute Gasteiger partial charge is 0.407 e. The summed E-state index contributed by atoms with van der Waals surface area (Å²) in [7, 11) is 0. The van der Waals surface area contributed by atoms with Crippen LogP contribution in [0.15, 0.2) is 12.2 Å². The molecule has 0 radical (unpaired) electrons. The summed E-state index contributed by atoms with van der Waals surface area (Å²) in [6.07, 6.45) is 8.87. The molecule has 2 N–H and O–H groups in total. The normalized spacial score (nSPS) is 23.0. The van der Waals surface area contributed by atoms with E-state index >= 15 is 0 Å². The molecule has 1 aliphatic rings. The van der Waals surface area contributed by atoms with E-state index in [9.17, 15) is 4.79 Å². The first-order chi connectivity index (χ1) is 10.6. The second-order valence-corrected chi connectivity index (χ2v) is 8.68. The molecule has 0 saturated heterocycles. The minimum atomic E-state index is -0.443. The molecule has 0 spiro atoms. The summed E-state index contributed by atoms with van der Waals surface area (Å²) < 4.78 is 5.18. The molecular weight excluding hydrogens is 288 g/mol. The molecule has 134 valence electrons. The average Bonchev–Trinajstić information content (AvgIpc) is 2.40. The molecule has 1 saturated carbocycles. The maximum Gasteiger partial charge on any atom is 0.407 e. The van der Waals surface area contributed by atoms with Gasteiger partial charge in [0.25, 0.3) is 0 Å². The average molecular weight is 325 g/mol. The fraction of sp³-hybridized carbons (Fsp3) is 0.842. The number of alkyl carbamates (subject to hydrolysis) is 1. The Kier molecular flexibility index (Phi) is 7.59. The maximum absolute atomic E-state index is 11.5. The fourth-order valence-corrected chi connectivity index (χ4v) is 3.02. The molecule has 0 aliphatic heterocycles. The summed E-state index contributed by atoms with van der Waals surface area (Å²) in [5.74, 6) is 0.856. The van der Waals surface area contributed by atoms with E-state index in [2.05, 4.69) is 37.5 Å². The lowest BCUT2D eigenvalue weighted by atomic mass is 9.71. The van der Waals surface area contributed by atoms with E-state index in [4.69, 9.17) is 4.74 Å². The molecule has 0 atom stereocenters. The quantitative estimate of drug-likeness (QED) is 0.743. The van der Waals surface area contributed by atoms with Gasteiger partial charge in [-0.05, 0) is 57.8 Å². The minimum Gasteiger partial charge on any atom is -0.444 e. The fourth-order valence-electron chi connectivity index (χ4n) is 3.02. The SMILES string of the molecule is CC(C)(C)OC(=O)NC/C=C/CNC1CCC(C(C)(C)C)CC1. The standard InChI is InChI=1S/C19H36N2O2/c1-18(2,3)15-9-11-16(12-10-15)20-13-7-8-14-21-17(22)23-19(4,5)6/h7-8,15-16,20H,9-14H2,1-6H3,(H,21,22)/b8-7+. The van der Waals surface area contributed by atoms with E-state index in [-0.39, 0.29) is 6.09 Å². The van der Waals surface area contributed by atoms with E-state index in [1.807, 2.05) is 26.8 Å². The van der Waals surface area contributed by atoms with E-state index in [0.717, 1.165) is 12.5 Å². The highest BCUT2D eigenvalue weighted by atomic mass is 16.6. The van der Waals surface area contributed by atoms with Crippen LogP contribution in [0.4, 0.5) is 4.79 Å². The number of ether oxygens (including phenoxy) is 1. The third kappa shape index (κ3) is 8.99. The van der Waals surface area contributed by atoms with Gasteiger partial charge in [0.15, 0.2) is 0 Å². The third-order valence-corrected chi connectivity index (χ3v) is 4.41. The zero-order chi connectivity index (χ0) is 17.5. The Hall–Kier alpha value is -1.03. The molecule has 23 heavy (non-hydrogen) atoms. The second kappa shape index (κ2) is 8.72. The largest absolute Gasteiger partial charge is 0.444 e. The van der Waals surface area contributed by atoms with Crippen LogP contribution in [0.1, 0.15) is 67.2 Å². The molecule has 0 heterocycles. The van der Waals surface area contributed by atoms with Crippen molar-refractivity contribution in [3.63, 3.8) is 0 Å². The lowest BCUT2D eigenvalue weighted by Gasteiger charge is -2.37. The lowest BCUT2D eigenvalue weighted by Crippen LogP contribution is -2.36. The predicted octanol–water partition coefficient (Wildman–Crippen LogP) is 4.26. The van der Waals surface area contributed by atoms with Crippen LogP contribution in [0.25, 0.3) is 0 Å². The van der Waals surface area contributed by atoms with Crippen LogP contribution < -0.4 is 10.6 Å². The van der Waals surface area contributed by atoms with Crippen LogP contribution in [0.2, 0.25) is 0 Å². The van der Waals surface area contributed by atoms with Gasteiger partial charge in [0.2, 0.25) is 0 Å². The molecule has 0 aromatic rings. The summed E-state index contributed by atoms with van der Waals surface area (Å²) in [5.41, 5.74) is -0.000541. The summed E-state index contributed by atoms with van der Waals surface area (Å²) in [6, 6.07) is 0.636. The van der Waals surface area contributed by atoms with Gasteiger partial charge < -0.3 is 15.4 Å². The predicted molar refractivity (Wildman–Crippen MR) is 96.6 cm³/mol. The number of nitrogens with one attached hydrogen (secondary N) is 2. The molecular formula is C19H36N2O2. The monoisotopic (exact) mass is 324 g/mol. The van der Waals surface area contributed by atoms with Crippen LogP contribution in [0.5, 0.6) is 0 Å². The first kappa shape index (κ1) is 20.0. The summed E-state index contributed by atoms with van der Waals surface area (Å²) >= 11 is 0. The van der Waals surface area contributed by atoms with Crippen molar-refractivity contribution in [2.24, 2.45) is 11.3 Å². The van der Waals surface area contributed by atoms with Gasteiger partial charge >= 0.3 is 6.09 Å². The highest BCUT2D eigenvalue weighted by molar-refractivity contribution is 5.67. The Morgan fingerprint density at radius 1 is 1.00 bits per heavy atom.